The van der Waals surface area contributed by atoms with E-state index in [0.29, 0.717) is 39.6 Å². The van der Waals surface area contributed by atoms with Crippen molar-refractivity contribution < 1.29 is 28.7 Å². The maximum absolute atomic E-state index is 13.5. The summed E-state index contributed by atoms with van der Waals surface area (Å²) in [6, 6.07) is 25.8. The molecule has 6 rings (SSSR count). The molecule has 0 aliphatic carbocycles. The molecule has 222 valence electrons. The third-order valence-corrected chi connectivity index (χ3v) is 8.47. The zero-order valence-electron chi connectivity index (χ0n) is 24.2. The molecule has 4 aromatic rings. The number of hydrogen-bond donors (Lipinski definition) is 0. The summed E-state index contributed by atoms with van der Waals surface area (Å²) in [6.07, 6.45) is 0.546. The fourth-order valence-electron chi connectivity index (χ4n) is 5.90. The zero-order chi connectivity index (χ0) is 31.0. The fourth-order valence-corrected chi connectivity index (χ4v) is 6.02. The minimum atomic E-state index is -0.376. The van der Waals surface area contributed by atoms with Crippen LogP contribution in [0.3, 0.4) is 0 Å². The van der Waals surface area contributed by atoms with E-state index in [0.717, 1.165) is 16.8 Å². The van der Waals surface area contributed by atoms with Crippen LogP contribution in [-0.4, -0.2) is 43.4 Å². The molecule has 2 aliphatic rings. The number of ether oxygens (including phenoxy) is 2. The number of carbonyl (C=O) groups is 4. The second kappa shape index (κ2) is 12.0. The largest absolute Gasteiger partial charge is 0.497 e. The van der Waals surface area contributed by atoms with Gasteiger partial charge in [0, 0.05) is 34.7 Å². The Bertz CT molecular complexity index is 1730. The second-order valence-electron chi connectivity index (χ2n) is 10.8. The normalized spacial score (nSPS) is 17.0. The van der Waals surface area contributed by atoms with Crippen molar-refractivity contribution in [3.8, 4) is 5.75 Å². The van der Waals surface area contributed by atoms with Crippen LogP contribution in [0.2, 0.25) is 5.02 Å². The summed E-state index contributed by atoms with van der Waals surface area (Å²) < 4.78 is 11.1. The maximum atomic E-state index is 13.5. The first-order valence-corrected chi connectivity index (χ1v) is 14.6. The monoisotopic (exact) mass is 608 g/mol. The highest BCUT2D eigenvalue weighted by Crippen LogP contribution is 2.45. The van der Waals surface area contributed by atoms with Crippen molar-refractivity contribution in [2.75, 3.05) is 23.5 Å². The molecule has 44 heavy (non-hydrogen) atoms. The molecule has 9 heteroatoms. The lowest BCUT2D eigenvalue weighted by Crippen LogP contribution is -2.37. The lowest BCUT2D eigenvalue weighted by Gasteiger charge is -2.25. The minimum absolute atomic E-state index is 0.0877. The van der Waals surface area contributed by atoms with E-state index >= 15 is 0 Å². The Kier molecular flexibility index (Phi) is 7.93. The molecule has 0 saturated heterocycles. The van der Waals surface area contributed by atoms with Gasteiger partial charge in [-0.15, -0.1) is 0 Å². The average molecular weight is 609 g/mol. The van der Waals surface area contributed by atoms with Crippen LogP contribution in [0, 0.1) is 0 Å². The molecule has 0 radical (unpaired) electrons. The summed E-state index contributed by atoms with van der Waals surface area (Å²) in [5.74, 6) is -0.898. The van der Waals surface area contributed by atoms with Crippen LogP contribution in [-0.2, 0) is 16.0 Å². The lowest BCUT2D eigenvalue weighted by atomic mass is 9.92. The molecule has 0 aromatic heterocycles. The lowest BCUT2D eigenvalue weighted by molar-refractivity contribution is -0.144. The number of halogens is 1. The van der Waals surface area contributed by atoms with Gasteiger partial charge in [0.25, 0.3) is 17.7 Å². The molecular weight excluding hydrogens is 580 g/mol. The molecule has 2 unspecified atom stereocenters. The molecule has 3 amide bonds. The summed E-state index contributed by atoms with van der Waals surface area (Å²) in [5.41, 5.74) is 4.24. The molecular formula is C35H29ClN2O6. The Labute approximate surface area is 259 Å². The summed E-state index contributed by atoms with van der Waals surface area (Å²) in [7, 11) is 1.58. The van der Waals surface area contributed by atoms with E-state index in [2.05, 4.69) is 0 Å². The molecule has 4 aromatic carbocycles. The quantitative estimate of drug-likeness (QED) is 0.168. The third kappa shape index (κ3) is 5.33. The molecule has 2 heterocycles. The molecule has 0 saturated carbocycles. The fraction of sp³-hybridized carbons (Fsp3) is 0.200. The van der Waals surface area contributed by atoms with E-state index in [1.165, 1.54) is 4.90 Å². The van der Waals surface area contributed by atoms with Crippen molar-refractivity contribution in [3.63, 3.8) is 0 Å². The number of amides is 3. The number of nitrogens with zero attached hydrogens (tertiary/aromatic N) is 2. The van der Waals surface area contributed by atoms with Gasteiger partial charge < -0.3 is 14.4 Å². The topological polar surface area (TPSA) is 93.2 Å². The van der Waals surface area contributed by atoms with Gasteiger partial charge in [-0.1, -0.05) is 35.9 Å². The van der Waals surface area contributed by atoms with E-state index in [-0.39, 0.29) is 48.7 Å². The number of carbonyl (C=O) groups excluding carboxylic acids is 4. The number of methoxy groups -OCH3 is 1. The number of rotatable bonds is 8. The highest BCUT2D eigenvalue weighted by molar-refractivity contribution is 6.34. The van der Waals surface area contributed by atoms with Gasteiger partial charge in [-0.05, 0) is 84.8 Å². The van der Waals surface area contributed by atoms with E-state index in [4.69, 9.17) is 21.1 Å². The van der Waals surface area contributed by atoms with Gasteiger partial charge in [-0.25, -0.2) is 4.90 Å². The average Bonchev–Trinajstić information content (AvgIpc) is 3.45. The van der Waals surface area contributed by atoms with Crippen LogP contribution in [0.5, 0.6) is 5.75 Å². The van der Waals surface area contributed by atoms with Crippen molar-refractivity contribution in [1.82, 2.24) is 0 Å². The van der Waals surface area contributed by atoms with Gasteiger partial charge in [0.15, 0.2) is 0 Å². The number of hydrogen-bond acceptors (Lipinski definition) is 6. The summed E-state index contributed by atoms with van der Waals surface area (Å²) in [6.45, 7) is 2.08. The number of esters is 1. The van der Waals surface area contributed by atoms with Crippen molar-refractivity contribution >= 4 is 46.7 Å². The number of fused-ring (bicyclic) bond motifs is 2. The Morgan fingerprint density at radius 3 is 2.16 bits per heavy atom. The highest BCUT2D eigenvalue weighted by atomic mass is 35.5. The molecule has 2 atom stereocenters. The van der Waals surface area contributed by atoms with Crippen molar-refractivity contribution in [3.05, 3.63) is 124 Å². The van der Waals surface area contributed by atoms with Crippen LogP contribution in [0.1, 0.15) is 61.5 Å². The van der Waals surface area contributed by atoms with Crippen LogP contribution >= 0.6 is 11.6 Å². The molecule has 8 nitrogen and oxygen atoms in total. The summed E-state index contributed by atoms with van der Waals surface area (Å²) in [4.78, 5) is 55.0. The first kappa shape index (κ1) is 29.1. The van der Waals surface area contributed by atoms with E-state index < -0.39 is 0 Å². The van der Waals surface area contributed by atoms with Crippen molar-refractivity contribution in [2.24, 2.45) is 0 Å². The third-order valence-electron chi connectivity index (χ3n) is 8.22. The van der Waals surface area contributed by atoms with Crippen LogP contribution < -0.4 is 14.5 Å². The van der Waals surface area contributed by atoms with E-state index in [9.17, 15) is 19.2 Å². The second-order valence-corrected chi connectivity index (χ2v) is 11.2. The van der Waals surface area contributed by atoms with Gasteiger partial charge in [0.1, 0.15) is 5.75 Å². The zero-order valence-corrected chi connectivity index (χ0v) is 24.9. The highest BCUT2D eigenvalue weighted by Gasteiger charge is 2.41. The molecule has 0 N–H and O–H groups in total. The van der Waals surface area contributed by atoms with Gasteiger partial charge >= 0.3 is 5.97 Å². The van der Waals surface area contributed by atoms with Gasteiger partial charge in [0.2, 0.25) is 0 Å². The minimum Gasteiger partial charge on any atom is -0.497 e. The Balaban J connectivity index is 1.09. The number of benzene rings is 4. The predicted octanol–water partition coefficient (Wildman–Crippen LogP) is 6.46. The van der Waals surface area contributed by atoms with Crippen molar-refractivity contribution in [1.29, 1.82) is 0 Å². The van der Waals surface area contributed by atoms with E-state index in [1.807, 2.05) is 31.2 Å². The SMILES string of the molecule is COc1ccc2c(c1)C(CC(=O)OCCc1ccc(N3C(=O)c4ccccc4C3=O)cc1)C(C)N2C(=O)c1ccc(Cl)cc1. The summed E-state index contributed by atoms with van der Waals surface area (Å²) >= 11 is 6.02. The number of anilines is 2. The Hall–Kier alpha value is -4.95. The van der Waals surface area contributed by atoms with E-state index in [1.54, 1.807) is 78.7 Å². The van der Waals surface area contributed by atoms with Crippen LogP contribution in [0.4, 0.5) is 11.4 Å². The maximum Gasteiger partial charge on any atom is 0.306 e. The van der Waals surface area contributed by atoms with Crippen LogP contribution in [0.25, 0.3) is 0 Å². The summed E-state index contributed by atoms with van der Waals surface area (Å²) in [5, 5.41) is 0.542. The van der Waals surface area contributed by atoms with Crippen molar-refractivity contribution in [2.45, 2.75) is 31.7 Å². The smallest absolute Gasteiger partial charge is 0.306 e. The molecule has 0 spiro atoms. The first-order chi connectivity index (χ1) is 21.3. The number of imide groups is 1. The Morgan fingerprint density at radius 1 is 0.864 bits per heavy atom. The van der Waals surface area contributed by atoms with Gasteiger partial charge in [-0.3, -0.25) is 19.2 Å². The molecule has 0 fully saturated rings. The first-order valence-electron chi connectivity index (χ1n) is 14.3. The molecule has 2 aliphatic heterocycles. The van der Waals surface area contributed by atoms with Gasteiger partial charge in [0.05, 0.1) is 37.0 Å². The van der Waals surface area contributed by atoms with Gasteiger partial charge in [-0.2, -0.15) is 0 Å². The molecule has 0 bridgehead atoms. The standard InChI is InChI=1S/C35H29ClN2O6/c1-21-29(30-19-26(43-2)15-16-31(30)37(21)33(40)23-9-11-24(36)12-10-23)20-32(39)44-18-17-22-7-13-25(14-8-22)38-34(41)27-5-3-4-6-28(27)35(38)42/h3-16,19,21,29H,17-18,20H2,1-2H3. The van der Waals surface area contributed by atoms with Crippen LogP contribution in [0.15, 0.2) is 91.0 Å². The Morgan fingerprint density at radius 2 is 1.52 bits per heavy atom. The predicted molar refractivity (Wildman–Crippen MR) is 167 cm³/mol.